The van der Waals surface area contributed by atoms with Crippen molar-refractivity contribution in [2.24, 2.45) is 5.92 Å². The van der Waals surface area contributed by atoms with Crippen molar-refractivity contribution >= 4 is 0 Å². The number of hydrogen-bond acceptors (Lipinski definition) is 3. The highest BCUT2D eigenvalue weighted by molar-refractivity contribution is 5.39. The molecule has 1 aromatic rings. The Hall–Kier alpha value is -1.06. The third-order valence-corrected chi connectivity index (χ3v) is 3.54. The lowest BCUT2D eigenvalue weighted by molar-refractivity contribution is 0.158. The minimum absolute atomic E-state index is 0.212. The highest BCUT2D eigenvalue weighted by Crippen LogP contribution is 2.34. The number of ether oxygens (including phenoxy) is 1. The Labute approximate surface area is 103 Å². The fraction of sp³-hybridized carbons (Fsp3) is 0.571. The summed E-state index contributed by atoms with van der Waals surface area (Å²) in [6, 6.07) is 6.43. The molecule has 3 nitrogen and oxygen atoms in total. The molecule has 2 rings (SSSR count). The average molecular weight is 235 g/mol. The maximum absolute atomic E-state index is 9.47. The van der Waals surface area contributed by atoms with Gasteiger partial charge in [-0.2, -0.15) is 0 Å². The molecule has 0 aliphatic carbocycles. The van der Waals surface area contributed by atoms with E-state index in [9.17, 15) is 5.11 Å². The van der Waals surface area contributed by atoms with Gasteiger partial charge in [0.15, 0.2) is 0 Å². The predicted molar refractivity (Wildman–Crippen MR) is 68.3 cm³/mol. The third kappa shape index (κ3) is 2.61. The summed E-state index contributed by atoms with van der Waals surface area (Å²) in [5, 5.41) is 13.0. The summed E-state index contributed by atoms with van der Waals surface area (Å²) in [5.41, 5.74) is 2.40. The number of rotatable bonds is 3. The Bertz CT molecular complexity index is 378. The average Bonchev–Trinajstić information content (AvgIpc) is 2.38. The van der Waals surface area contributed by atoms with Crippen molar-refractivity contribution in [3.63, 3.8) is 0 Å². The van der Waals surface area contributed by atoms with Crippen LogP contribution in [0.1, 0.15) is 30.0 Å². The first kappa shape index (κ1) is 12.4. The molecule has 0 saturated carbocycles. The number of benzene rings is 1. The number of piperidine rings is 1. The second-order valence-corrected chi connectivity index (χ2v) is 4.76. The number of hydrogen-bond donors (Lipinski definition) is 2. The lowest BCUT2D eigenvalue weighted by Crippen LogP contribution is -2.36. The third-order valence-electron chi connectivity index (χ3n) is 3.54. The SMILES string of the molecule is COc1ccc(C)cc1C1NCCCC1CO. The van der Waals surface area contributed by atoms with Gasteiger partial charge >= 0.3 is 0 Å². The van der Waals surface area contributed by atoms with Crippen molar-refractivity contribution < 1.29 is 9.84 Å². The molecule has 17 heavy (non-hydrogen) atoms. The summed E-state index contributed by atoms with van der Waals surface area (Å²) in [4.78, 5) is 0. The molecule has 1 saturated heterocycles. The monoisotopic (exact) mass is 235 g/mol. The van der Waals surface area contributed by atoms with Crippen molar-refractivity contribution in [2.45, 2.75) is 25.8 Å². The largest absolute Gasteiger partial charge is 0.496 e. The zero-order chi connectivity index (χ0) is 12.3. The van der Waals surface area contributed by atoms with Gasteiger partial charge in [0, 0.05) is 24.1 Å². The molecule has 0 aromatic heterocycles. The molecule has 1 aliphatic rings. The van der Waals surface area contributed by atoms with Gasteiger partial charge in [0.25, 0.3) is 0 Å². The van der Waals surface area contributed by atoms with Crippen LogP contribution >= 0.6 is 0 Å². The van der Waals surface area contributed by atoms with E-state index in [-0.39, 0.29) is 12.6 Å². The minimum atomic E-state index is 0.212. The highest BCUT2D eigenvalue weighted by Gasteiger charge is 2.27. The fourth-order valence-corrected chi connectivity index (χ4v) is 2.61. The van der Waals surface area contributed by atoms with Crippen molar-refractivity contribution in [3.05, 3.63) is 29.3 Å². The van der Waals surface area contributed by atoms with Crippen LogP contribution in [0, 0.1) is 12.8 Å². The van der Waals surface area contributed by atoms with Crippen LogP contribution in [-0.2, 0) is 0 Å². The molecule has 94 valence electrons. The number of methoxy groups -OCH3 is 1. The predicted octanol–water partition coefficient (Wildman–Crippen LogP) is 2.04. The van der Waals surface area contributed by atoms with Crippen LogP contribution < -0.4 is 10.1 Å². The smallest absolute Gasteiger partial charge is 0.123 e. The summed E-state index contributed by atoms with van der Waals surface area (Å²) < 4.78 is 5.42. The van der Waals surface area contributed by atoms with E-state index in [0.717, 1.165) is 25.1 Å². The van der Waals surface area contributed by atoms with E-state index in [2.05, 4.69) is 24.4 Å². The molecule has 2 atom stereocenters. The maximum Gasteiger partial charge on any atom is 0.123 e. The zero-order valence-electron chi connectivity index (χ0n) is 10.6. The van der Waals surface area contributed by atoms with Gasteiger partial charge in [-0.25, -0.2) is 0 Å². The summed E-state index contributed by atoms with van der Waals surface area (Å²) in [7, 11) is 1.70. The maximum atomic E-state index is 9.47. The van der Waals surface area contributed by atoms with Crippen LogP contribution in [0.25, 0.3) is 0 Å². The fourth-order valence-electron chi connectivity index (χ4n) is 2.61. The van der Waals surface area contributed by atoms with Crippen molar-refractivity contribution in [1.82, 2.24) is 5.32 Å². The number of aliphatic hydroxyl groups is 1. The van der Waals surface area contributed by atoms with Crippen LogP contribution in [0.4, 0.5) is 0 Å². The molecule has 0 spiro atoms. The van der Waals surface area contributed by atoms with Crippen LogP contribution in [0.15, 0.2) is 18.2 Å². The molecule has 0 bridgehead atoms. The molecule has 3 heteroatoms. The normalized spacial score (nSPS) is 24.6. The van der Waals surface area contributed by atoms with Crippen molar-refractivity contribution in [1.29, 1.82) is 0 Å². The number of aliphatic hydroxyl groups excluding tert-OH is 1. The van der Waals surface area contributed by atoms with Crippen LogP contribution in [0.5, 0.6) is 5.75 Å². The summed E-state index contributed by atoms with van der Waals surface area (Å²) in [5.74, 6) is 1.20. The Morgan fingerprint density at radius 1 is 1.47 bits per heavy atom. The van der Waals surface area contributed by atoms with Gasteiger partial charge in [-0.15, -0.1) is 0 Å². The molecule has 1 heterocycles. The quantitative estimate of drug-likeness (QED) is 0.842. The first-order valence-electron chi connectivity index (χ1n) is 6.25. The lowest BCUT2D eigenvalue weighted by Gasteiger charge is -2.32. The van der Waals surface area contributed by atoms with Crippen LogP contribution in [0.3, 0.4) is 0 Å². The van der Waals surface area contributed by atoms with E-state index < -0.39 is 0 Å². The van der Waals surface area contributed by atoms with Gasteiger partial charge in [0.05, 0.1) is 7.11 Å². The summed E-state index contributed by atoms with van der Waals surface area (Å²) in [6.45, 7) is 3.33. The molecule has 1 aliphatic heterocycles. The Morgan fingerprint density at radius 3 is 3.00 bits per heavy atom. The standard InChI is InChI=1S/C14H21NO2/c1-10-5-6-13(17-2)12(8-10)14-11(9-16)4-3-7-15-14/h5-6,8,11,14-16H,3-4,7,9H2,1-2H3. The van der Waals surface area contributed by atoms with Crippen molar-refractivity contribution in [2.75, 3.05) is 20.3 Å². The van der Waals surface area contributed by atoms with Crippen LogP contribution in [0.2, 0.25) is 0 Å². The summed E-state index contributed by atoms with van der Waals surface area (Å²) >= 11 is 0. The Balaban J connectivity index is 2.33. The Morgan fingerprint density at radius 2 is 2.29 bits per heavy atom. The van der Waals surface area contributed by atoms with Gasteiger partial charge in [-0.05, 0) is 32.4 Å². The molecule has 0 radical (unpaired) electrons. The van der Waals surface area contributed by atoms with Gasteiger partial charge in [0.2, 0.25) is 0 Å². The van der Waals surface area contributed by atoms with E-state index in [0.29, 0.717) is 5.92 Å². The molecule has 0 amide bonds. The van der Waals surface area contributed by atoms with Crippen molar-refractivity contribution in [3.8, 4) is 5.75 Å². The second-order valence-electron chi connectivity index (χ2n) is 4.76. The second kappa shape index (κ2) is 5.52. The van der Waals surface area contributed by atoms with Gasteiger partial charge < -0.3 is 15.2 Å². The summed E-state index contributed by atoms with van der Waals surface area (Å²) in [6.07, 6.45) is 2.21. The van der Waals surface area contributed by atoms with E-state index in [4.69, 9.17) is 4.74 Å². The molecular weight excluding hydrogens is 214 g/mol. The van der Waals surface area contributed by atoms with E-state index in [1.165, 1.54) is 11.1 Å². The molecule has 1 aromatic carbocycles. The minimum Gasteiger partial charge on any atom is -0.496 e. The molecule has 2 unspecified atom stereocenters. The first-order valence-corrected chi connectivity index (χ1v) is 6.25. The zero-order valence-corrected chi connectivity index (χ0v) is 10.6. The van der Waals surface area contributed by atoms with Gasteiger partial charge in [0.1, 0.15) is 5.75 Å². The molecular formula is C14H21NO2. The van der Waals surface area contributed by atoms with E-state index in [1.807, 2.05) is 6.07 Å². The van der Waals surface area contributed by atoms with Gasteiger partial charge in [-0.1, -0.05) is 17.7 Å². The number of aryl methyl sites for hydroxylation is 1. The molecule has 1 fully saturated rings. The topological polar surface area (TPSA) is 41.5 Å². The molecule has 2 N–H and O–H groups in total. The highest BCUT2D eigenvalue weighted by atomic mass is 16.5. The first-order chi connectivity index (χ1) is 8.26. The van der Waals surface area contributed by atoms with E-state index in [1.54, 1.807) is 7.11 Å². The number of nitrogens with one attached hydrogen (secondary N) is 1. The van der Waals surface area contributed by atoms with E-state index >= 15 is 0 Å². The van der Waals surface area contributed by atoms with Crippen LogP contribution in [-0.4, -0.2) is 25.4 Å². The Kier molecular flexibility index (Phi) is 4.02. The van der Waals surface area contributed by atoms with Gasteiger partial charge in [-0.3, -0.25) is 0 Å². The lowest BCUT2D eigenvalue weighted by atomic mass is 9.86.